The molecule has 2 rings (SSSR count). The summed E-state index contributed by atoms with van der Waals surface area (Å²) in [5, 5.41) is 23.9. The van der Waals surface area contributed by atoms with Gasteiger partial charge >= 0.3 is 5.69 Å². The number of nitro benzene ring substituents is 2. The maximum absolute atomic E-state index is 13.4. The predicted octanol–water partition coefficient (Wildman–Crippen LogP) is 1.47. The number of amides is 2. The van der Waals surface area contributed by atoms with Crippen LogP contribution >= 0.6 is 0 Å². The van der Waals surface area contributed by atoms with Crippen LogP contribution in [0.1, 0.15) is 15.9 Å². The number of carbonyl (C=O) groups is 2. The standard InChI is InChI=1S/C16H13FN4O6/c17-12-5-4-9(7-14(12)21(26)27)6-13(15(18)22)19-16(23)10-2-1-3-11(8-10)20(24)25/h1-5,7-8,13H,6H2,(H2,18,22)(H,19,23)/t13-/m1/s1. The quantitative estimate of drug-likeness (QED) is 0.550. The van der Waals surface area contributed by atoms with Crippen LogP contribution in [0.4, 0.5) is 15.8 Å². The second-order valence-corrected chi connectivity index (χ2v) is 5.48. The predicted molar refractivity (Wildman–Crippen MR) is 90.3 cm³/mol. The molecule has 140 valence electrons. The molecule has 0 unspecified atom stereocenters. The summed E-state index contributed by atoms with van der Waals surface area (Å²) in [6.07, 6.45) is -0.225. The van der Waals surface area contributed by atoms with Crippen molar-refractivity contribution in [1.29, 1.82) is 0 Å². The molecule has 2 amide bonds. The smallest absolute Gasteiger partial charge is 0.305 e. The van der Waals surface area contributed by atoms with E-state index in [9.17, 15) is 34.2 Å². The van der Waals surface area contributed by atoms with E-state index in [1.807, 2.05) is 0 Å². The molecule has 0 aliphatic heterocycles. The van der Waals surface area contributed by atoms with Crippen LogP contribution in [0.3, 0.4) is 0 Å². The SMILES string of the molecule is NC(=O)[C@@H](Cc1ccc(F)c([N+](=O)[O-])c1)NC(=O)c1cccc([N+](=O)[O-])c1. The van der Waals surface area contributed by atoms with Crippen LogP contribution in [-0.4, -0.2) is 27.7 Å². The first kappa shape index (κ1) is 19.4. The molecule has 0 aliphatic carbocycles. The normalized spacial score (nSPS) is 11.4. The van der Waals surface area contributed by atoms with E-state index in [0.717, 1.165) is 18.2 Å². The second kappa shape index (κ2) is 7.99. The van der Waals surface area contributed by atoms with Crippen LogP contribution in [-0.2, 0) is 11.2 Å². The zero-order valence-corrected chi connectivity index (χ0v) is 13.6. The fraction of sp³-hybridized carbons (Fsp3) is 0.125. The molecule has 3 N–H and O–H groups in total. The molecule has 1 atom stereocenters. The molecular weight excluding hydrogens is 363 g/mol. The molecule has 0 saturated heterocycles. The summed E-state index contributed by atoms with van der Waals surface area (Å²) < 4.78 is 13.4. The molecule has 2 aromatic carbocycles. The number of nitrogens with two attached hydrogens (primary N) is 1. The molecule has 0 spiro atoms. The van der Waals surface area contributed by atoms with E-state index in [1.54, 1.807) is 0 Å². The van der Waals surface area contributed by atoms with Crippen molar-refractivity contribution in [3.63, 3.8) is 0 Å². The van der Waals surface area contributed by atoms with Crippen LogP contribution in [0, 0.1) is 26.0 Å². The molecule has 10 nitrogen and oxygen atoms in total. The highest BCUT2D eigenvalue weighted by Crippen LogP contribution is 2.20. The van der Waals surface area contributed by atoms with E-state index in [0.29, 0.717) is 0 Å². The van der Waals surface area contributed by atoms with Crippen molar-refractivity contribution in [1.82, 2.24) is 5.32 Å². The fourth-order valence-corrected chi connectivity index (χ4v) is 2.29. The largest absolute Gasteiger partial charge is 0.368 e. The van der Waals surface area contributed by atoms with Gasteiger partial charge in [-0.1, -0.05) is 12.1 Å². The lowest BCUT2D eigenvalue weighted by Gasteiger charge is -2.15. The van der Waals surface area contributed by atoms with Crippen LogP contribution in [0.25, 0.3) is 0 Å². The second-order valence-electron chi connectivity index (χ2n) is 5.48. The Balaban J connectivity index is 2.21. The van der Waals surface area contributed by atoms with E-state index < -0.39 is 39.2 Å². The number of halogens is 1. The Kier molecular flexibility index (Phi) is 5.75. The number of carbonyl (C=O) groups excluding carboxylic acids is 2. The van der Waals surface area contributed by atoms with Gasteiger partial charge in [0.2, 0.25) is 11.7 Å². The van der Waals surface area contributed by atoms with Crippen molar-refractivity contribution in [2.75, 3.05) is 0 Å². The average molecular weight is 376 g/mol. The van der Waals surface area contributed by atoms with Gasteiger partial charge in [0.05, 0.1) is 9.85 Å². The first-order valence-corrected chi connectivity index (χ1v) is 7.46. The summed E-state index contributed by atoms with van der Waals surface area (Å²) in [6, 6.07) is 6.59. The van der Waals surface area contributed by atoms with Gasteiger partial charge in [-0.05, 0) is 17.7 Å². The fourth-order valence-electron chi connectivity index (χ4n) is 2.29. The summed E-state index contributed by atoms with van der Waals surface area (Å²) >= 11 is 0. The van der Waals surface area contributed by atoms with Gasteiger partial charge < -0.3 is 11.1 Å². The Morgan fingerprint density at radius 3 is 2.41 bits per heavy atom. The third kappa shape index (κ3) is 4.81. The molecule has 0 aliphatic rings. The highest BCUT2D eigenvalue weighted by molar-refractivity contribution is 5.97. The summed E-state index contributed by atoms with van der Waals surface area (Å²) in [5.74, 6) is -2.76. The third-order valence-electron chi connectivity index (χ3n) is 3.61. The number of hydrogen-bond donors (Lipinski definition) is 2. The topological polar surface area (TPSA) is 158 Å². The van der Waals surface area contributed by atoms with Crippen LogP contribution in [0.5, 0.6) is 0 Å². The summed E-state index contributed by atoms with van der Waals surface area (Å²) in [7, 11) is 0. The number of rotatable bonds is 7. The van der Waals surface area contributed by atoms with E-state index in [-0.39, 0.29) is 23.2 Å². The highest BCUT2D eigenvalue weighted by Gasteiger charge is 2.22. The number of primary amides is 1. The number of hydrogen-bond acceptors (Lipinski definition) is 6. The van der Waals surface area contributed by atoms with Crippen molar-refractivity contribution in [2.24, 2.45) is 5.73 Å². The average Bonchev–Trinajstić information content (AvgIpc) is 2.62. The Hall–Kier alpha value is -3.89. The minimum Gasteiger partial charge on any atom is -0.368 e. The minimum atomic E-state index is -1.26. The summed E-state index contributed by atoms with van der Waals surface area (Å²) in [6.45, 7) is 0. The number of nitro groups is 2. The van der Waals surface area contributed by atoms with Crippen molar-refractivity contribution in [2.45, 2.75) is 12.5 Å². The van der Waals surface area contributed by atoms with E-state index in [4.69, 9.17) is 5.73 Å². The van der Waals surface area contributed by atoms with Crippen LogP contribution in [0.2, 0.25) is 0 Å². The van der Waals surface area contributed by atoms with Gasteiger partial charge in [0.25, 0.3) is 11.6 Å². The van der Waals surface area contributed by atoms with Gasteiger partial charge in [-0.15, -0.1) is 0 Å². The van der Waals surface area contributed by atoms with Gasteiger partial charge in [0.15, 0.2) is 0 Å². The Labute approximate surface area is 151 Å². The Morgan fingerprint density at radius 1 is 1.11 bits per heavy atom. The van der Waals surface area contributed by atoms with Gasteiger partial charge in [0, 0.05) is 30.2 Å². The Morgan fingerprint density at radius 2 is 1.81 bits per heavy atom. The minimum absolute atomic E-state index is 0.0689. The monoisotopic (exact) mass is 376 g/mol. The Bertz CT molecular complexity index is 933. The molecule has 0 radical (unpaired) electrons. The molecule has 0 aromatic heterocycles. The third-order valence-corrected chi connectivity index (χ3v) is 3.61. The highest BCUT2D eigenvalue weighted by atomic mass is 19.1. The molecule has 27 heavy (non-hydrogen) atoms. The van der Waals surface area contributed by atoms with Gasteiger partial charge in [-0.3, -0.25) is 29.8 Å². The molecule has 0 bridgehead atoms. The zero-order valence-electron chi connectivity index (χ0n) is 13.6. The summed E-state index contributed by atoms with van der Waals surface area (Å²) in [5.41, 5.74) is 4.29. The van der Waals surface area contributed by atoms with Crippen molar-refractivity contribution < 1.29 is 23.8 Å². The number of benzene rings is 2. The number of nitrogens with zero attached hydrogens (tertiary/aromatic N) is 2. The van der Waals surface area contributed by atoms with E-state index in [1.165, 1.54) is 24.3 Å². The molecule has 11 heteroatoms. The van der Waals surface area contributed by atoms with Gasteiger partial charge in [0.1, 0.15) is 6.04 Å². The van der Waals surface area contributed by atoms with Gasteiger partial charge in [-0.25, -0.2) is 0 Å². The lowest BCUT2D eigenvalue weighted by molar-refractivity contribution is -0.387. The van der Waals surface area contributed by atoms with Crippen molar-refractivity contribution in [3.05, 3.63) is 79.6 Å². The van der Waals surface area contributed by atoms with Crippen molar-refractivity contribution in [3.8, 4) is 0 Å². The molecular formula is C16H13FN4O6. The van der Waals surface area contributed by atoms with E-state index >= 15 is 0 Å². The van der Waals surface area contributed by atoms with E-state index in [2.05, 4.69) is 5.32 Å². The lowest BCUT2D eigenvalue weighted by Crippen LogP contribution is -2.45. The zero-order chi connectivity index (χ0) is 20.1. The van der Waals surface area contributed by atoms with Crippen LogP contribution < -0.4 is 11.1 Å². The molecule has 2 aromatic rings. The summed E-state index contributed by atoms with van der Waals surface area (Å²) in [4.78, 5) is 43.8. The maximum atomic E-state index is 13.4. The van der Waals surface area contributed by atoms with Gasteiger partial charge in [-0.2, -0.15) is 4.39 Å². The van der Waals surface area contributed by atoms with Crippen LogP contribution in [0.15, 0.2) is 42.5 Å². The molecule has 0 saturated carbocycles. The molecule has 0 fully saturated rings. The first-order valence-electron chi connectivity index (χ1n) is 7.46. The first-order chi connectivity index (χ1) is 12.7. The lowest BCUT2D eigenvalue weighted by atomic mass is 10.0. The number of non-ortho nitro benzene ring substituents is 1. The van der Waals surface area contributed by atoms with Crippen molar-refractivity contribution >= 4 is 23.2 Å². The maximum Gasteiger partial charge on any atom is 0.305 e. The number of nitrogens with one attached hydrogen (secondary N) is 1. The molecule has 0 heterocycles.